The third-order valence-corrected chi connectivity index (χ3v) is 5.37. The van der Waals surface area contributed by atoms with Gasteiger partial charge in [-0.1, -0.05) is 23.2 Å². The monoisotopic (exact) mass is 460 g/mol. The maximum Gasteiger partial charge on any atom is 0.257 e. The lowest BCUT2D eigenvalue weighted by Crippen LogP contribution is -2.35. The molecule has 1 aliphatic heterocycles. The lowest BCUT2D eigenvalue weighted by Gasteiger charge is -2.19. The minimum absolute atomic E-state index is 0.162. The molecule has 2 aromatic carbocycles. The van der Waals surface area contributed by atoms with Crippen molar-refractivity contribution in [2.24, 2.45) is 0 Å². The first-order valence-corrected chi connectivity index (χ1v) is 10.1. The Kier molecular flexibility index (Phi) is 6.01. The van der Waals surface area contributed by atoms with Crippen molar-refractivity contribution in [3.05, 3.63) is 58.2 Å². The van der Waals surface area contributed by atoms with Crippen molar-refractivity contribution in [1.29, 1.82) is 0 Å². The molecule has 2 heterocycles. The molecule has 10 heteroatoms. The number of carbonyl (C=O) groups is 2. The van der Waals surface area contributed by atoms with Crippen molar-refractivity contribution in [2.45, 2.75) is 0 Å². The molecular weight excluding hydrogens is 443 g/mol. The summed E-state index contributed by atoms with van der Waals surface area (Å²) in [5.41, 5.74) is 2.07. The Morgan fingerprint density at radius 2 is 1.87 bits per heavy atom. The number of nitrogens with zero attached hydrogens (tertiary/aromatic N) is 2. The van der Waals surface area contributed by atoms with Crippen molar-refractivity contribution in [2.75, 3.05) is 32.1 Å². The smallest absolute Gasteiger partial charge is 0.257 e. The van der Waals surface area contributed by atoms with Crippen molar-refractivity contribution >= 4 is 40.7 Å². The Labute approximate surface area is 188 Å². The van der Waals surface area contributed by atoms with Gasteiger partial charge in [0.05, 0.1) is 34.0 Å². The van der Waals surface area contributed by atoms with Gasteiger partial charge in [0.15, 0.2) is 11.5 Å². The molecular formula is C21H18Cl2N4O4. The van der Waals surface area contributed by atoms with E-state index in [1.54, 1.807) is 30.3 Å². The summed E-state index contributed by atoms with van der Waals surface area (Å²) >= 11 is 11.8. The van der Waals surface area contributed by atoms with Crippen LogP contribution >= 0.6 is 23.2 Å². The fraction of sp³-hybridized carbons (Fsp3) is 0.190. The lowest BCUT2D eigenvalue weighted by atomic mass is 10.1. The number of anilines is 1. The maximum atomic E-state index is 13.0. The first-order valence-electron chi connectivity index (χ1n) is 9.36. The fourth-order valence-electron chi connectivity index (χ4n) is 3.13. The van der Waals surface area contributed by atoms with Gasteiger partial charge in [0.1, 0.15) is 13.2 Å². The minimum atomic E-state index is -0.376. The Morgan fingerprint density at radius 1 is 1.10 bits per heavy atom. The standard InChI is InChI=1S/C21H18Cl2N4O4/c1-27(11-19(28)25-13-3-4-15(22)16(23)9-13)21(29)14-10-24-26-20(14)12-2-5-17-18(8-12)31-7-6-30-17/h2-5,8-10H,6-7,11H2,1H3,(H,24,26)(H,25,28). The number of nitrogens with one attached hydrogen (secondary N) is 2. The van der Waals surface area contributed by atoms with E-state index in [2.05, 4.69) is 15.5 Å². The molecule has 8 nitrogen and oxygen atoms in total. The number of H-pyrrole nitrogens is 1. The Bertz CT molecular complexity index is 1150. The normalized spacial score (nSPS) is 12.4. The zero-order valence-corrected chi connectivity index (χ0v) is 18.0. The zero-order chi connectivity index (χ0) is 22.0. The van der Waals surface area contributed by atoms with E-state index < -0.39 is 0 Å². The van der Waals surface area contributed by atoms with Crippen LogP contribution in [0.3, 0.4) is 0 Å². The molecule has 31 heavy (non-hydrogen) atoms. The van der Waals surface area contributed by atoms with Crippen LogP contribution in [0.5, 0.6) is 11.5 Å². The highest BCUT2D eigenvalue weighted by Crippen LogP contribution is 2.35. The van der Waals surface area contributed by atoms with Gasteiger partial charge in [-0.25, -0.2) is 0 Å². The molecule has 2 amide bonds. The number of fused-ring (bicyclic) bond motifs is 1. The zero-order valence-electron chi connectivity index (χ0n) is 16.4. The molecule has 4 rings (SSSR count). The van der Waals surface area contributed by atoms with E-state index in [1.165, 1.54) is 18.1 Å². The number of hydrogen-bond acceptors (Lipinski definition) is 5. The van der Waals surface area contributed by atoms with E-state index in [4.69, 9.17) is 32.7 Å². The van der Waals surface area contributed by atoms with Gasteiger partial charge in [0.25, 0.3) is 5.91 Å². The minimum Gasteiger partial charge on any atom is -0.486 e. The van der Waals surface area contributed by atoms with Gasteiger partial charge in [0.2, 0.25) is 5.91 Å². The lowest BCUT2D eigenvalue weighted by molar-refractivity contribution is -0.116. The summed E-state index contributed by atoms with van der Waals surface area (Å²) in [7, 11) is 1.54. The summed E-state index contributed by atoms with van der Waals surface area (Å²) in [5, 5.41) is 10.3. The number of ether oxygens (including phenoxy) is 2. The third kappa shape index (κ3) is 4.60. The number of amides is 2. The molecule has 0 fully saturated rings. The molecule has 0 bridgehead atoms. The van der Waals surface area contributed by atoms with Gasteiger partial charge in [0, 0.05) is 18.3 Å². The molecule has 0 radical (unpaired) electrons. The van der Waals surface area contributed by atoms with E-state index >= 15 is 0 Å². The first-order chi connectivity index (χ1) is 14.9. The van der Waals surface area contributed by atoms with Crippen molar-refractivity contribution in [1.82, 2.24) is 15.1 Å². The topological polar surface area (TPSA) is 96.6 Å². The second-order valence-electron chi connectivity index (χ2n) is 6.86. The van der Waals surface area contributed by atoms with Crippen LogP contribution in [0.2, 0.25) is 10.0 Å². The Morgan fingerprint density at radius 3 is 2.65 bits per heavy atom. The third-order valence-electron chi connectivity index (χ3n) is 4.63. The van der Waals surface area contributed by atoms with Gasteiger partial charge in [-0.3, -0.25) is 14.7 Å². The van der Waals surface area contributed by atoms with Crippen LogP contribution in [0, 0.1) is 0 Å². The number of halogens is 2. The molecule has 3 aromatic rings. The molecule has 0 aliphatic carbocycles. The highest BCUT2D eigenvalue weighted by atomic mass is 35.5. The number of likely N-dealkylation sites (N-methyl/N-ethyl adjacent to an activating group) is 1. The van der Waals surface area contributed by atoms with Crippen LogP contribution in [0.15, 0.2) is 42.6 Å². The summed E-state index contributed by atoms with van der Waals surface area (Å²) in [5.74, 6) is 0.520. The second kappa shape index (κ2) is 8.87. The molecule has 160 valence electrons. The van der Waals surface area contributed by atoms with Crippen molar-refractivity contribution in [3.63, 3.8) is 0 Å². The van der Waals surface area contributed by atoms with E-state index in [0.717, 1.165) is 5.56 Å². The second-order valence-corrected chi connectivity index (χ2v) is 7.67. The molecule has 0 saturated carbocycles. The van der Waals surface area contributed by atoms with E-state index in [0.29, 0.717) is 51.7 Å². The number of aromatic nitrogens is 2. The van der Waals surface area contributed by atoms with Crippen molar-refractivity contribution < 1.29 is 19.1 Å². The van der Waals surface area contributed by atoms with Gasteiger partial charge in [-0.15, -0.1) is 0 Å². The maximum absolute atomic E-state index is 13.0. The average molecular weight is 461 g/mol. The van der Waals surface area contributed by atoms with Crippen LogP contribution in [0.4, 0.5) is 5.69 Å². The number of carbonyl (C=O) groups excluding carboxylic acids is 2. The average Bonchev–Trinajstić information content (AvgIpc) is 3.25. The summed E-state index contributed by atoms with van der Waals surface area (Å²) in [4.78, 5) is 26.6. The molecule has 0 spiro atoms. The van der Waals surface area contributed by atoms with E-state index in [-0.39, 0.29) is 18.4 Å². The molecule has 1 aliphatic rings. The largest absolute Gasteiger partial charge is 0.486 e. The molecule has 0 saturated heterocycles. The van der Waals surface area contributed by atoms with Gasteiger partial charge >= 0.3 is 0 Å². The van der Waals surface area contributed by atoms with Crippen LogP contribution in [0.25, 0.3) is 11.3 Å². The predicted molar refractivity (Wildman–Crippen MR) is 117 cm³/mol. The quantitative estimate of drug-likeness (QED) is 0.602. The van der Waals surface area contributed by atoms with Crippen LogP contribution < -0.4 is 14.8 Å². The SMILES string of the molecule is CN(CC(=O)Nc1ccc(Cl)c(Cl)c1)C(=O)c1cn[nH]c1-c1ccc2c(c1)OCCO2. The summed E-state index contributed by atoms with van der Waals surface area (Å²) in [6, 6.07) is 10.1. The molecule has 0 unspecified atom stereocenters. The highest BCUT2D eigenvalue weighted by Gasteiger charge is 2.22. The predicted octanol–water partition coefficient (Wildman–Crippen LogP) is 3.87. The fourth-order valence-corrected chi connectivity index (χ4v) is 3.43. The van der Waals surface area contributed by atoms with Gasteiger partial charge < -0.3 is 19.7 Å². The van der Waals surface area contributed by atoms with Gasteiger partial charge in [-0.05, 0) is 36.4 Å². The van der Waals surface area contributed by atoms with Gasteiger partial charge in [-0.2, -0.15) is 5.10 Å². The number of rotatable bonds is 5. The first kappa shape index (κ1) is 21.0. The number of benzene rings is 2. The molecule has 2 N–H and O–H groups in total. The van der Waals surface area contributed by atoms with Crippen LogP contribution in [-0.2, 0) is 4.79 Å². The van der Waals surface area contributed by atoms with Crippen LogP contribution in [-0.4, -0.2) is 53.7 Å². The number of hydrogen-bond donors (Lipinski definition) is 2. The summed E-state index contributed by atoms with van der Waals surface area (Å²) in [6.45, 7) is 0.794. The summed E-state index contributed by atoms with van der Waals surface area (Å²) in [6.07, 6.45) is 1.43. The number of aromatic amines is 1. The van der Waals surface area contributed by atoms with E-state index in [9.17, 15) is 9.59 Å². The molecule has 1 aromatic heterocycles. The van der Waals surface area contributed by atoms with Crippen molar-refractivity contribution in [3.8, 4) is 22.8 Å². The summed E-state index contributed by atoms with van der Waals surface area (Å²) < 4.78 is 11.1. The van der Waals surface area contributed by atoms with Crippen LogP contribution in [0.1, 0.15) is 10.4 Å². The Balaban J connectivity index is 1.47. The Hall–Kier alpha value is -3.23. The molecule has 0 atom stereocenters. The van der Waals surface area contributed by atoms with E-state index in [1.807, 2.05) is 6.07 Å². The highest BCUT2D eigenvalue weighted by molar-refractivity contribution is 6.42.